The third kappa shape index (κ3) is 3.41. The number of nitrogens with one attached hydrogen (secondary N) is 2. The van der Waals surface area contributed by atoms with Crippen LogP contribution in [0.2, 0.25) is 0 Å². The quantitative estimate of drug-likeness (QED) is 0.562. The summed E-state index contributed by atoms with van der Waals surface area (Å²) in [6.07, 6.45) is 0. The minimum atomic E-state index is -1.69. The molecule has 1 unspecified atom stereocenters. The number of nitrogens with zero attached hydrogens (tertiary/aromatic N) is 1. The van der Waals surface area contributed by atoms with Crippen LogP contribution in [0.3, 0.4) is 0 Å². The van der Waals surface area contributed by atoms with Crippen LogP contribution < -0.4 is 15.4 Å². The molecule has 0 aliphatic carbocycles. The van der Waals surface area contributed by atoms with E-state index in [1.165, 1.54) is 18.3 Å². The zero-order valence-corrected chi connectivity index (χ0v) is 17.5. The third-order valence-corrected chi connectivity index (χ3v) is 5.71. The lowest BCUT2D eigenvalue weighted by Crippen LogP contribution is -2.56. The second-order valence-corrected chi connectivity index (χ2v) is 8.36. The second-order valence-electron chi connectivity index (χ2n) is 6.59. The Labute approximate surface area is 174 Å². The Morgan fingerprint density at radius 2 is 2.00 bits per heavy atom. The molecular weight excluding hydrogens is 442 g/mol. The second kappa shape index (κ2) is 7.03. The van der Waals surface area contributed by atoms with E-state index in [0.717, 1.165) is 21.3 Å². The third-order valence-electron chi connectivity index (χ3n) is 4.43. The first-order valence-electron chi connectivity index (χ1n) is 8.49. The number of thiazole rings is 1. The first-order valence-corrected chi connectivity index (χ1v) is 10.2. The maximum Gasteiger partial charge on any atom is 0.280 e. The predicted octanol–water partition coefficient (Wildman–Crippen LogP) is 4.61. The molecule has 3 aromatic rings. The van der Waals surface area contributed by atoms with Crippen molar-refractivity contribution in [3.63, 3.8) is 0 Å². The fourth-order valence-corrected chi connectivity index (χ4v) is 3.77. The van der Waals surface area contributed by atoms with E-state index in [9.17, 15) is 9.59 Å². The van der Waals surface area contributed by atoms with Crippen LogP contribution in [0.5, 0.6) is 5.75 Å². The predicted molar refractivity (Wildman–Crippen MR) is 113 cm³/mol. The number of carbonyl (C=O) groups excluding carboxylic acids is 2. The van der Waals surface area contributed by atoms with Crippen molar-refractivity contribution in [3.05, 3.63) is 57.9 Å². The van der Waals surface area contributed by atoms with Crippen molar-refractivity contribution in [2.24, 2.45) is 0 Å². The number of hydrogen-bond donors (Lipinski definition) is 2. The van der Waals surface area contributed by atoms with Gasteiger partial charge < -0.3 is 10.1 Å². The fourth-order valence-electron chi connectivity index (χ4n) is 2.79. The summed E-state index contributed by atoms with van der Waals surface area (Å²) < 4.78 is 6.75. The Bertz CT molecular complexity index is 1080. The van der Waals surface area contributed by atoms with Gasteiger partial charge in [-0.3, -0.25) is 14.9 Å². The number of fused-ring (bicyclic) bond motifs is 1. The number of carbonyl (C=O) groups is 2. The van der Waals surface area contributed by atoms with Gasteiger partial charge in [0, 0.05) is 15.4 Å². The van der Waals surface area contributed by atoms with E-state index >= 15 is 0 Å². The number of halogens is 1. The molecule has 0 saturated carbocycles. The highest BCUT2D eigenvalue weighted by Gasteiger charge is 2.47. The summed E-state index contributed by atoms with van der Waals surface area (Å²) in [5.74, 6) is -0.640. The lowest BCUT2D eigenvalue weighted by atomic mass is 10.0. The first kappa shape index (κ1) is 18.6. The highest BCUT2D eigenvalue weighted by Crippen LogP contribution is 2.35. The van der Waals surface area contributed by atoms with E-state index in [-0.39, 0.29) is 0 Å². The number of aryl methyl sites for hydroxylation is 1. The number of rotatable bonds is 3. The van der Waals surface area contributed by atoms with Gasteiger partial charge in [-0.25, -0.2) is 4.98 Å². The van der Waals surface area contributed by atoms with Crippen LogP contribution in [0, 0.1) is 6.92 Å². The van der Waals surface area contributed by atoms with Crippen LogP contribution in [0.15, 0.2) is 52.3 Å². The normalized spacial score (nSPS) is 18.0. The van der Waals surface area contributed by atoms with Crippen LogP contribution in [0.25, 0.3) is 11.3 Å². The topological polar surface area (TPSA) is 80.3 Å². The molecule has 1 aliphatic heterocycles. The Balaban J connectivity index is 1.54. The zero-order valence-electron chi connectivity index (χ0n) is 15.1. The highest BCUT2D eigenvalue weighted by atomic mass is 79.9. The molecule has 4 rings (SSSR count). The maximum atomic E-state index is 12.8. The maximum absolute atomic E-state index is 12.8. The van der Waals surface area contributed by atoms with Gasteiger partial charge in [0.25, 0.3) is 17.4 Å². The van der Waals surface area contributed by atoms with Crippen molar-refractivity contribution in [1.29, 1.82) is 0 Å². The van der Waals surface area contributed by atoms with Crippen LogP contribution in [-0.2, 0) is 9.59 Å². The van der Waals surface area contributed by atoms with Gasteiger partial charge in [-0.15, -0.1) is 11.3 Å². The SMILES string of the molecule is Cc1ccc2c(c1)NC(=O)C(C)(C(=O)Nc1nc(-c3ccc(Br)cc3)cs1)O2. The number of hydrogen-bond acceptors (Lipinski definition) is 5. The molecule has 2 aromatic carbocycles. The average Bonchev–Trinajstić information content (AvgIpc) is 3.12. The number of anilines is 2. The van der Waals surface area contributed by atoms with Gasteiger partial charge in [0.2, 0.25) is 0 Å². The molecule has 0 fully saturated rings. The summed E-state index contributed by atoms with van der Waals surface area (Å²) >= 11 is 4.69. The number of ether oxygens (including phenoxy) is 1. The monoisotopic (exact) mass is 457 g/mol. The summed E-state index contributed by atoms with van der Waals surface area (Å²) in [6, 6.07) is 13.1. The Morgan fingerprint density at radius 1 is 1.25 bits per heavy atom. The van der Waals surface area contributed by atoms with E-state index in [1.54, 1.807) is 12.1 Å². The molecule has 0 radical (unpaired) electrons. The standard InChI is InChI=1S/C20H16BrN3O3S/c1-11-3-8-16-14(9-11)22-17(25)20(2,27-16)18(26)24-19-23-15(10-28-19)12-4-6-13(21)7-5-12/h3-10H,1-2H3,(H,22,25)(H,23,24,26). The fraction of sp³-hybridized carbons (Fsp3) is 0.150. The molecule has 0 spiro atoms. The first-order chi connectivity index (χ1) is 13.3. The van der Waals surface area contributed by atoms with E-state index in [1.807, 2.05) is 42.6 Å². The minimum absolute atomic E-state index is 0.398. The summed E-state index contributed by atoms with van der Waals surface area (Å²) in [4.78, 5) is 29.8. The molecule has 2 N–H and O–H groups in total. The van der Waals surface area contributed by atoms with Gasteiger partial charge in [0.15, 0.2) is 5.13 Å². The molecule has 28 heavy (non-hydrogen) atoms. The van der Waals surface area contributed by atoms with Crippen LogP contribution in [0.1, 0.15) is 12.5 Å². The number of benzene rings is 2. The Kier molecular flexibility index (Phi) is 4.68. The summed E-state index contributed by atoms with van der Waals surface area (Å²) in [7, 11) is 0. The van der Waals surface area contributed by atoms with E-state index in [4.69, 9.17) is 4.74 Å². The van der Waals surface area contributed by atoms with E-state index < -0.39 is 17.4 Å². The molecule has 1 atom stereocenters. The lowest BCUT2D eigenvalue weighted by molar-refractivity contribution is -0.143. The largest absolute Gasteiger partial charge is 0.466 e. The molecule has 1 aliphatic rings. The molecule has 0 bridgehead atoms. The Morgan fingerprint density at radius 3 is 2.75 bits per heavy atom. The van der Waals surface area contributed by atoms with E-state index in [0.29, 0.717) is 16.6 Å². The van der Waals surface area contributed by atoms with Gasteiger partial charge >= 0.3 is 0 Å². The van der Waals surface area contributed by atoms with E-state index in [2.05, 4.69) is 31.5 Å². The van der Waals surface area contributed by atoms with Crippen molar-refractivity contribution in [2.75, 3.05) is 10.6 Å². The highest BCUT2D eigenvalue weighted by molar-refractivity contribution is 9.10. The summed E-state index contributed by atoms with van der Waals surface area (Å²) in [5, 5.41) is 7.69. The van der Waals surface area contributed by atoms with Crippen molar-refractivity contribution in [2.45, 2.75) is 19.4 Å². The summed E-state index contributed by atoms with van der Waals surface area (Å²) in [6.45, 7) is 3.36. The summed E-state index contributed by atoms with van der Waals surface area (Å²) in [5.41, 5.74) is 1.53. The van der Waals surface area contributed by atoms with Crippen LogP contribution >= 0.6 is 27.3 Å². The smallest absolute Gasteiger partial charge is 0.280 e. The molecule has 6 nitrogen and oxygen atoms in total. The molecule has 142 valence electrons. The van der Waals surface area contributed by atoms with Crippen LogP contribution in [0.4, 0.5) is 10.8 Å². The number of aromatic nitrogens is 1. The van der Waals surface area contributed by atoms with Gasteiger partial charge in [0.1, 0.15) is 5.75 Å². The molecule has 8 heteroatoms. The zero-order chi connectivity index (χ0) is 19.9. The molecule has 2 amide bonds. The molecule has 2 heterocycles. The van der Waals surface area contributed by atoms with Gasteiger partial charge in [-0.1, -0.05) is 34.1 Å². The number of amides is 2. The van der Waals surface area contributed by atoms with Crippen molar-refractivity contribution < 1.29 is 14.3 Å². The molecular formula is C20H16BrN3O3S. The Hall–Kier alpha value is -2.71. The molecule has 0 saturated heterocycles. The van der Waals surface area contributed by atoms with Crippen molar-refractivity contribution >= 4 is 49.9 Å². The molecule has 1 aromatic heterocycles. The van der Waals surface area contributed by atoms with Gasteiger partial charge in [-0.05, 0) is 43.7 Å². The van der Waals surface area contributed by atoms with Crippen molar-refractivity contribution in [3.8, 4) is 17.0 Å². The van der Waals surface area contributed by atoms with Crippen molar-refractivity contribution in [1.82, 2.24) is 4.98 Å². The van der Waals surface area contributed by atoms with Gasteiger partial charge in [0.05, 0.1) is 11.4 Å². The minimum Gasteiger partial charge on any atom is -0.466 e. The van der Waals surface area contributed by atoms with Gasteiger partial charge in [-0.2, -0.15) is 0 Å². The average molecular weight is 458 g/mol. The van der Waals surface area contributed by atoms with Crippen LogP contribution in [-0.4, -0.2) is 22.4 Å². The lowest BCUT2D eigenvalue weighted by Gasteiger charge is -2.33.